The third-order valence-corrected chi connectivity index (χ3v) is 6.09. The Balaban J connectivity index is 1.53. The molecule has 4 aromatic rings. The van der Waals surface area contributed by atoms with Gasteiger partial charge in [0.2, 0.25) is 0 Å². The van der Waals surface area contributed by atoms with Gasteiger partial charge in [-0.05, 0) is 43.6 Å². The summed E-state index contributed by atoms with van der Waals surface area (Å²) in [5.74, 6) is 0.571. The van der Waals surface area contributed by atoms with E-state index >= 15 is 0 Å². The van der Waals surface area contributed by atoms with E-state index in [-0.39, 0.29) is 0 Å². The Hall–Kier alpha value is -1.96. The van der Waals surface area contributed by atoms with Crippen molar-refractivity contribution in [1.29, 1.82) is 0 Å². The topological polar surface area (TPSA) is 60.0 Å². The number of thiazole rings is 1. The zero-order chi connectivity index (χ0) is 17.0. The molecule has 0 spiro atoms. The normalized spacial score (nSPS) is 16.2. The first kappa shape index (κ1) is 15.3. The van der Waals surface area contributed by atoms with E-state index in [9.17, 15) is 0 Å². The standard InChI is InChI=1S/C17H17ClN6S/c1-23-21-13-7-11(6-12(18)16(13)22-23)15-9-24-8-14(20-17(24)25-15)10-2-4-19-5-3-10/h6-10,19H,2-5H2,1H3. The quantitative estimate of drug-likeness (QED) is 0.585. The number of aryl methyl sites for hydroxylation is 1. The molecule has 5 rings (SSSR count). The summed E-state index contributed by atoms with van der Waals surface area (Å²) in [5.41, 5.74) is 3.81. The number of halogens is 1. The molecule has 0 atom stereocenters. The molecule has 0 amide bonds. The summed E-state index contributed by atoms with van der Waals surface area (Å²) in [6.45, 7) is 2.16. The van der Waals surface area contributed by atoms with Gasteiger partial charge in [0.05, 0.1) is 15.6 Å². The summed E-state index contributed by atoms with van der Waals surface area (Å²) in [4.78, 5) is 8.57. The molecule has 1 aromatic carbocycles. The molecule has 0 saturated carbocycles. The van der Waals surface area contributed by atoms with Crippen molar-refractivity contribution in [3.63, 3.8) is 0 Å². The van der Waals surface area contributed by atoms with Crippen LogP contribution in [-0.2, 0) is 7.05 Å². The lowest BCUT2D eigenvalue weighted by molar-refractivity contribution is 0.454. The van der Waals surface area contributed by atoms with Crippen LogP contribution in [0.2, 0.25) is 5.02 Å². The number of benzene rings is 1. The van der Waals surface area contributed by atoms with E-state index < -0.39 is 0 Å². The Kier molecular flexibility index (Phi) is 3.55. The van der Waals surface area contributed by atoms with Crippen LogP contribution < -0.4 is 5.32 Å². The SMILES string of the molecule is Cn1nc2cc(-c3cn4cc(C5CCNCC5)nc4s3)cc(Cl)c2n1. The smallest absolute Gasteiger partial charge is 0.194 e. The van der Waals surface area contributed by atoms with Crippen molar-refractivity contribution in [2.75, 3.05) is 13.1 Å². The summed E-state index contributed by atoms with van der Waals surface area (Å²) >= 11 is 8.07. The van der Waals surface area contributed by atoms with Gasteiger partial charge in [0.25, 0.3) is 0 Å². The molecule has 4 heterocycles. The molecule has 1 fully saturated rings. The number of hydrogen-bond donors (Lipinski definition) is 1. The van der Waals surface area contributed by atoms with E-state index in [0.717, 1.165) is 52.4 Å². The number of fused-ring (bicyclic) bond motifs is 2. The van der Waals surface area contributed by atoms with E-state index in [0.29, 0.717) is 10.9 Å². The molecule has 0 aliphatic carbocycles. The van der Waals surface area contributed by atoms with Gasteiger partial charge in [-0.2, -0.15) is 15.0 Å². The second-order valence-corrected chi connectivity index (χ2v) is 7.91. The molecule has 6 nitrogen and oxygen atoms in total. The molecule has 8 heteroatoms. The molecule has 1 N–H and O–H groups in total. The van der Waals surface area contributed by atoms with Crippen LogP contribution in [0, 0.1) is 0 Å². The summed E-state index contributed by atoms with van der Waals surface area (Å²) in [6.07, 6.45) is 6.63. The fourth-order valence-electron chi connectivity index (χ4n) is 3.49. The van der Waals surface area contributed by atoms with Crippen molar-refractivity contribution in [2.24, 2.45) is 7.05 Å². The van der Waals surface area contributed by atoms with Crippen molar-refractivity contribution in [1.82, 2.24) is 29.7 Å². The van der Waals surface area contributed by atoms with Crippen LogP contribution in [-0.4, -0.2) is 37.5 Å². The second kappa shape index (κ2) is 5.79. The summed E-state index contributed by atoms with van der Waals surface area (Å²) in [7, 11) is 1.80. The fraction of sp³-hybridized carbons (Fsp3) is 0.353. The molecule has 0 radical (unpaired) electrons. The number of piperidine rings is 1. The molecule has 3 aromatic heterocycles. The molecule has 0 bridgehead atoms. The largest absolute Gasteiger partial charge is 0.317 e. The molecular formula is C17H17ClN6S. The highest BCUT2D eigenvalue weighted by Crippen LogP contribution is 2.34. The highest BCUT2D eigenvalue weighted by Gasteiger charge is 2.19. The van der Waals surface area contributed by atoms with Crippen molar-refractivity contribution < 1.29 is 0 Å². The van der Waals surface area contributed by atoms with E-state index in [1.165, 1.54) is 5.69 Å². The van der Waals surface area contributed by atoms with Crippen LogP contribution >= 0.6 is 22.9 Å². The summed E-state index contributed by atoms with van der Waals surface area (Å²) in [5, 5.41) is 12.7. The number of aromatic nitrogens is 5. The van der Waals surface area contributed by atoms with E-state index in [2.05, 4.69) is 32.3 Å². The molecule has 0 unspecified atom stereocenters. The number of rotatable bonds is 2. The Morgan fingerprint density at radius 1 is 1.20 bits per heavy atom. The van der Waals surface area contributed by atoms with E-state index in [4.69, 9.17) is 16.6 Å². The van der Waals surface area contributed by atoms with Crippen LogP contribution in [0.4, 0.5) is 0 Å². The molecule has 25 heavy (non-hydrogen) atoms. The van der Waals surface area contributed by atoms with Gasteiger partial charge >= 0.3 is 0 Å². The van der Waals surface area contributed by atoms with Gasteiger partial charge in [0.15, 0.2) is 4.96 Å². The molecule has 128 valence electrons. The lowest BCUT2D eigenvalue weighted by atomic mass is 9.95. The Bertz CT molecular complexity index is 1040. The third-order valence-electron chi connectivity index (χ3n) is 4.76. The van der Waals surface area contributed by atoms with Gasteiger partial charge in [0.1, 0.15) is 11.0 Å². The zero-order valence-corrected chi connectivity index (χ0v) is 15.3. The van der Waals surface area contributed by atoms with Gasteiger partial charge in [-0.25, -0.2) is 4.98 Å². The first-order valence-electron chi connectivity index (χ1n) is 8.37. The molecule has 1 aliphatic rings. The van der Waals surface area contributed by atoms with Gasteiger partial charge in [-0.15, -0.1) is 0 Å². The minimum atomic E-state index is 0.571. The predicted molar refractivity (Wildman–Crippen MR) is 100 cm³/mol. The second-order valence-electron chi connectivity index (χ2n) is 6.49. The van der Waals surface area contributed by atoms with Crippen molar-refractivity contribution in [3.05, 3.63) is 35.2 Å². The predicted octanol–water partition coefficient (Wildman–Crippen LogP) is 3.46. The van der Waals surface area contributed by atoms with Crippen LogP contribution in [0.15, 0.2) is 24.5 Å². The first-order chi connectivity index (χ1) is 12.2. The summed E-state index contributed by atoms with van der Waals surface area (Å²) < 4.78 is 2.13. The molecular weight excluding hydrogens is 356 g/mol. The van der Waals surface area contributed by atoms with Crippen molar-refractivity contribution >= 4 is 38.9 Å². The lowest BCUT2D eigenvalue weighted by Gasteiger charge is -2.20. The lowest BCUT2D eigenvalue weighted by Crippen LogP contribution is -2.26. The van der Waals surface area contributed by atoms with Crippen LogP contribution in [0.25, 0.3) is 26.4 Å². The maximum Gasteiger partial charge on any atom is 0.194 e. The van der Waals surface area contributed by atoms with E-state index in [1.54, 1.807) is 23.2 Å². The monoisotopic (exact) mass is 372 g/mol. The van der Waals surface area contributed by atoms with Gasteiger partial charge in [0, 0.05) is 25.4 Å². The Morgan fingerprint density at radius 2 is 2.04 bits per heavy atom. The highest BCUT2D eigenvalue weighted by molar-refractivity contribution is 7.20. The number of hydrogen-bond acceptors (Lipinski definition) is 5. The summed E-state index contributed by atoms with van der Waals surface area (Å²) in [6, 6.07) is 3.99. The first-order valence-corrected chi connectivity index (χ1v) is 9.57. The van der Waals surface area contributed by atoms with Crippen LogP contribution in [0.1, 0.15) is 24.5 Å². The van der Waals surface area contributed by atoms with E-state index in [1.807, 2.05) is 12.1 Å². The fourth-order valence-corrected chi connectivity index (χ4v) is 4.70. The average Bonchev–Trinajstić information content (AvgIpc) is 3.27. The molecule has 1 aliphatic heterocycles. The third kappa shape index (κ3) is 2.63. The van der Waals surface area contributed by atoms with Crippen molar-refractivity contribution in [3.8, 4) is 10.4 Å². The molecule has 1 saturated heterocycles. The Labute approximate surface area is 153 Å². The van der Waals surface area contributed by atoms with Crippen LogP contribution in [0.3, 0.4) is 0 Å². The minimum absolute atomic E-state index is 0.571. The highest BCUT2D eigenvalue weighted by atomic mass is 35.5. The zero-order valence-electron chi connectivity index (χ0n) is 13.7. The van der Waals surface area contributed by atoms with Crippen molar-refractivity contribution in [2.45, 2.75) is 18.8 Å². The number of nitrogens with one attached hydrogen (secondary N) is 1. The Morgan fingerprint density at radius 3 is 2.84 bits per heavy atom. The van der Waals surface area contributed by atoms with Crippen LogP contribution in [0.5, 0.6) is 0 Å². The maximum absolute atomic E-state index is 6.39. The minimum Gasteiger partial charge on any atom is -0.317 e. The number of imidazole rings is 1. The number of nitrogens with zero attached hydrogens (tertiary/aromatic N) is 5. The average molecular weight is 373 g/mol. The van der Waals surface area contributed by atoms with Gasteiger partial charge < -0.3 is 5.32 Å². The maximum atomic E-state index is 6.39. The van der Waals surface area contributed by atoms with Gasteiger partial charge in [-0.1, -0.05) is 22.9 Å². The van der Waals surface area contributed by atoms with Gasteiger partial charge in [-0.3, -0.25) is 4.40 Å².